The van der Waals surface area contributed by atoms with Crippen LogP contribution in [-0.4, -0.2) is 53.7 Å². The summed E-state index contributed by atoms with van der Waals surface area (Å²) in [6.45, 7) is -0.168. The Morgan fingerprint density at radius 2 is 2.05 bits per heavy atom. The molecule has 5 N–H and O–H groups in total. The standard InChI is InChI=1S/C11H15N5O3/c12-10-7-11(14-3-13-10)16(4-15-7)6-1-5(2-17)8(18)9(6)19/h3-6,8-9,17-19H,1-2H2,(H2,12,13,14)/t5?,6?,8-,9?/m1/s1. The molecule has 102 valence electrons. The number of imidazole rings is 1. The van der Waals surface area contributed by atoms with Crippen LogP contribution in [0.15, 0.2) is 12.7 Å². The maximum atomic E-state index is 10.1. The summed E-state index contributed by atoms with van der Waals surface area (Å²) in [7, 11) is 0. The van der Waals surface area contributed by atoms with E-state index >= 15 is 0 Å². The molecule has 2 aromatic rings. The van der Waals surface area contributed by atoms with Crippen LogP contribution in [0.1, 0.15) is 12.5 Å². The number of aliphatic hydroxyl groups is 3. The number of anilines is 1. The summed E-state index contributed by atoms with van der Waals surface area (Å²) in [5, 5.41) is 29.1. The lowest BCUT2D eigenvalue weighted by Crippen LogP contribution is -2.30. The highest BCUT2D eigenvalue weighted by molar-refractivity contribution is 5.81. The summed E-state index contributed by atoms with van der Waals surface area (Å²) < 4.78 is 1.68. The third-order valence-electron chi connectivity index (χ3n) is 3.75. The maximum Gasteiger partial charge on any atom is 0.165 e. The lowest BCUT2D eigenvalue weighted by Gasteiger charge is -2.18. The van der Waals surface area contributed by atoms with Gasteiger partial charge in [0.1, 0.15) is 17.9 Å². The molecule has 2 heterocycles. The van der Waals surface area contributed by atoms with Gasteiger partial charge in [0.2, 0.25) is 0 Å². The number of nitrogen functional groups attached to an aromatic ring is 1. The lowest BCUT2D eigenvalue weighted by atomic mass is 10.1. The van der Waals surface area contributed by atoms with Crippen LogP contribution in [0.4, 0.5) is 5.82 Å². The molecule has 8 heteroatoms. The number of aliphatic hydroxyl groups excluding tert-OH is 3. The molecule has 0 amide bonds. The van der Waals surface area contributed by atoms with Crippen LogP contribution in [0.2, 0.25) is 0 Å². The number of fused-ring (bicyclic) bond motifs is 1. The van der Waals surface area contributed by atoms with Crippen molar-refractivity contribution in [2.75, 3.05) is 12.3 Å². The molecule has 1 saturated carbocycles. The van der Waals surface area contributed by atoms with Gasteiger partial charge in [0.15, 0.2) is 11.5 Å². The van der Waals surface area contributed by atoms with E-state index in [0.717, 1.165) is 0 Å². The van der Waals surface area contributed by atoms with E-state index in [9.17, 15) is 15.3 Å². The van der Waals surface area contributed by atoms with E-state index in [4.69, 9.17) is 5.73 Å². The first kappa shape index (κ1) is 12.3. The van der Waals surface area contributed by atoms with Gasteiger partial charge in [-0.05, 0) is 6.42 Å². The van der Waals surface area contributed by atoms with Gasteiger partial charge in [-0.1, -0.05) is 0 Å². The van der Waals surface area contributed by atoms with Crippen LogP contribution in [0.5, 0.6) is 0 Å². The number of nitrogens with zero attached hydrogens (tertiary/aromatic N) is 4. The first-order valence-electron chi connectivity index (χ1n) is 6.03. The van der Waals surface area contributed by atoms with Crippen LogP contribution in [0.25, 0.3) is 11.2 Å². The molecule has 2 aromatic heterocycles. The van der Waals surface area contributed by atoms with Crippen LogP contribution >= 0.6 is 0 Å². The van der Waals surface area contributed by atoms with E-state index < -0.39 is 12.2 Å². The Morgan fingerprint density at radius 1 is 1.26 bits per heavy atom. The second-order valence-corrected chi connectivity index (χ2v) is 4.81. The second kappa shape index (κ2) is 4.41. The summed E-state index contributed by atoms with van der Waals surface area (Å²) in [6, 6.07) is -0.383. The van der Waals surface area contributed by atoms with E-state index in [2.05, 4.69) is 15.0 Å². The lowest BCUT2D eigenvalue weighted by molar-refractivity contribution is -0.00370. The molecule has 3 unspecified atom stereocenters. The van der Waals surface area contributed by atoms with E-state index in [1.54, 1.807) is 4.57 Å². The minimum Gasteiger partial charge on any atom is -0.396 e. The monoisotopic (exact) mass is 265 g/mol. The predicted molar refractivity (Wildman–Crippen MR) is 66.0 cm³/mol. The molecule has 1 aliphatic carbocycles. The first-order chi connectivity index (χ1) is 9.13. The molecule has 0 bridgehead atoms. The molecule has 19 heavy (non-hydrogen) atoms. The summed E-state index contributed by atoms with van der Waals surface area (Å²) in [5.74, 6) is -0.0767. The topological polar surface area (TPSA) is 130 Å². The van der Waals surface area contributed by atoms with Crippen molar-refractivity contribution in [2.45, 2.75) is 24.7 Å². The molecule has 0 saturated heterocycles. The molecule has 0 aromatic carbocycles. The fraction of sp³-hybridized carbons (Fsp3) is 0.545. The van der Waals surface area contributed by atoms with Gasteiger partial charge in [-0.15, -0.1) is 0 Å². The van der Waals surface area contributed by atoms with Gasteiger partial charge in [-0.2, -0.15) is 0 Å². The van der Waals surface area contributed by atoms with Crippen molar-refractivity contribution >= 4 is 17.0 Å². The molecule has 0 spiro atoms. The smallest absolute Gasteiger partial charge is 0.165 e. The number of hydrogen-bond donors (Lipinski definition) is 4. The van der Waals surface area contributed by atoms with Gasteiger partial charge in [0, 0.05) is 12.5 Å². The molecule has 1 fully saturated rings. The van der Waals surface area contributed by atoms with Crippen molar-refractivity contribution in [1.29, 1.82) is 0 Å². The average Bonchev–Trinajstić information content (AvgIpc) is 2.94. The van der Waals surface area contributed by atoms with Crippen molar-refractivity contribution in [3.63, 3.8) is 0 Å². The van der Waals surface area contributed by atoms with Crippen molar-refractivity contribution < 1.29 is 15.3 Å². The van der Waals surface area contributed by atoms with Gasteiger partial charge in [0.25, 0.3) is 0 Å². The molecule has 4 atom stereocenters. The second-order valence-electron chi connectivity index (χ2n) is 4.81. The highest BCUT2D eigenvalue weighted by Gasteiger charge is 2.42. The predicted octanol–water partition coefficient (Wildman–Crippen LogP) is -1.32. The largest absolute Gasteiger partial charge is 0.396 e. The SMILES string of the molecule is Nc1ncnc2c1ncn2C1CC(CO)[C@@H](O)C1O. The number of hydrogen-bond acceptors (Lipinski definition) is 7. The third kappa shape index (κ3) is 1.76. The van der Waals surface area contributed by atoms with E-state index in [1.807, 2.05) is 0 Å². The zero-order valence-corrected chi connectivity index (χ0v) is 10.1. The summed E-state index contributed by atoms with van der Waals surface area (Å²) in [5.41, 5.74) is 6.69. The summed E-state index contributed by atoms with van der Waals surface area (Å²) in [4.78, 5) is 12.1. The van der Waals surface area contributed by atoms with Gasteiger partial charge >= 0.3 is 0 Å². The maximum absolute atomic E-state index is 10.1. The fourth-order valence-corrected chi connectivity index (χ4v) is 2.67. The molecule has 1 aliphatic rings. The van der Waals surface area contributed by atoms with E-state index in [-0.39, 0.29) is 24.4 Å². The number of rotatable bonds is 2. The molecule has 0 aliphatic heterocycles. The quantitative estimate of drug-likeness (QED) is 0.530. The first-order valence-corrected chi connectivity index (χ1v) is 6.03. The third-order valence-corrected chi connectivity index (χ3v) is 3.75. The van der Waals surface area contributed by atoms with E-state index in [1.165, 1.54) is 12.7 Å². The zero-order chi connectivity index (χ0) is 13.6. The molecule has 3 rings (SSSR count). The zero-order valence-electron chi connectivity index (χ0n) is 10.1. The van der Waals surface area contributed by atoms with E-state index in [0.29, 0.717) is 17.6 Å². The van der Waals surface area contributed by atoms with Crippen molar-refractivity contribution in [3.05, 3.63) is 12.7 Å². The van der Waals surface area contributed by atoms with Crippen molar-refractivity contribution in [3.8, 4) is 0 Å². The van der Waals surface area contributed by atoms with Gasteiger partial charge in [-0.25, -0.2) is 15.0 Å². The molecular weight excluding hydrogens is 250 g/mol. The molecule has 8 nitrogen and oxygen atoms in total. The average molecular weight is 265 g/mol. The number of aromatic nitrogens is 4. The van der Waals surface area contributed by atoms with Crippen LogP contribution in [0.3, 0.4) is 0 Å². The van der Waals surface area contributed by atoms with Gasteiger partial charge < -0.3 is 25.6 Å². The minimum atomic E-state index is -0.967. The Kier molecular flexibility index (Phi) is 2.85. The van der Waals surface area contributed by atoms with Gasteiger partial charge in [-0.3, -0.25) is 0 Å². The Morgan fingerprint density at radius 3 is 2.74 bits per heavy atom. The highest BCUT2D eigenvalue weighted by Crippen LogP contribution is 2.36. The van der Waals surface area contributed by atoms with Crippen LogP contribution < -0.4 is 5.73 Å². The Balaban J connectivity index is 2.04. The molecule has 0 radical (unpaired) electrons. The highest BCUT2D eigenvalue weighted by atomic mass is 16.3. The van der Waals surface area contributed by atoms with Crippen molar-refractivity contribution in [1.82, 2.24) is 19.5 Å². The Bertz CT molecular complexity index is 601. The minimum absolute atomic E-state index is 0.168. The Labute approximate surface area is 108 Å². The Hall–Kier alpha value is -1.77. The normalized spacial score (nSPS) is 31.1. The summed E-state index contributed by atoms with van der Waals surface area (Å²) in [6.07, 6.45) is 1.39. The number of nitrogens with two attached hydrogens (primary N) is 1. The fourth-order valence-electron chi connectivity index (χ4n) is 2.67. The van der Waals surface area contributed by atoms with Crippen LogP contribution in [0, 0.1) is 5.92 Å². The van der Waals surface area contributed by atoms with Crippen LogP contribution in [-0.2, 0) is 0 Å². The summed E-state index contributed by atoms with van der Waals surface area (Å²) >= 11 is 0. The van der Waals surface area contributed by atoms with Crippen molar-refractivity contribution in [2.24, 2.45) is 5.92 Å². The molecular formula is C11H15N5O3. The van der Waals surface area contributed by atoms with Gasteiger partial charge in [0.05, 0.1) is 18.5 Å².